The second-order valence-corrected chi connectivity index (χ2v) is 7.61. The molecule has 1 aromatic heterocycles. The summed E-state index contributed by atoms with van der Waals surface area (Å²) in [4.78, 5) is 26.7. The zero-order valence-electron chi connectivity index (χ0n) is 14.6. The molecule has 0 radical (unpaired) electrons. The normalized spacial score (nSPS) is 14.4. The van der Waals surface area contributed by atoms with Gasteiger partial charge in [-0.05, 0) is 49.1 Å². The van der Waals surface area contributed by atoms with Crippen LogP contribution in [-0.2, 0) is 11.3 Å². The number of nitro benzene ring substituents is 1. The van der Waals surface area contributed by atoms with Gasteiger partial charge in [0, 0.05) is 54.5 Å². The number of piperidine rings is 1. The number of benzene rings is 1. The molecule has 3 rings (SSSR count). The van der Waals surface area contributed by atoms with E-state index in [1.54, 1.807) is 23.5 Å². The van der Waals surface area contributed by atoms with Gasteiger partial charge in [0.05, 0.1) is 4.92 Å². The smallest absolute Gasteiger partial charge is 0.269 e. The van der Waals surface area contributed by atoms with Gasteiger partial charge in [-0.1, -0.05) is 0 Å². The highest BCUT2D eigenvalue weighted by molar-refractivity contribution is 7.15. The summed E-state index contributed by atoms with van der Waals surface area (Å²) in [5.41, 5.74) is 1.08. The lowest BCUT2D eigenvalue weighted by Gasteiger charge is -2.26. The molecule has 0 atom stereocenters. The van der Waals surface area contributed by atoms with Gasteiger partial charge in [0.15, 0.2) is 0 Å². The molecule has 1 fully saturated rings. The molecule has 1 N–H and O–H groups in total. The quantitative estimate of drug-likeness (QED) is 0.455. The van der Waals surface area contributed by atoms with E-state index >= 15 is 0 Å². The van der Waals surface area contributed by atoms with Gasteiger partial charge in [-0.15, -0.1) is 11.3 Å². The molecule has 1 aliphatic heterocycles. The Labute approximate surface area is 157 Å². The Morgan fingerprint density at radius 2 is 1.85 bits per heavy atom. The third kappa shape index (κ3) is 4.89. The summed E-state index contributed by atoms with van der Waals surface area (Å²) in [6.07, 6.45) is 4.03. The molecular weight excluding hydrogens is 350 g/mol. The van der Waals surface area contributed by atoms with Crippen LogP contribution in [0.15, 0.2) is 36.4 Å². The number of hydrogen-bond donors (Lipinski definition) is 1. The Morgan fingerprint density at radius 3 is 2.54 bits per heavy atom. The maximum atomic E-state index is 12.1. The van der Waals surface area contributed by atoms with Gasteiger partial charge >= 0.3 is 0 Å². The third-order valence-electron chi connectivity index (χ3n) is 4.55. The van der Waals surface area contributed by atoms with E-state index in [1.165, 1.54) is 23.4 Å². The van der Waals surface area contributed by atoms with E-state index in [0.29, 0.717) is 13.0 Å². The number of carbonyl (C=O) groups excluding carboxylic acids is 1. The summed E-state index contributed by atoms with van der Waals surface area (Å²) in [7, 11) is 0. The molecule has 138 valence electrons. The molecule has 0 spiro atoms. The lowest BCUT2D eigenvalue weighted by molar-refractivity contribution is -0.384. The van der Waals surface area contributed by atoms with Gasteiger partial charge in [-0.2, -0.15) is 0 Å². The minimum atomic E-state index is -0.390. The molecule has 2 heterocycles. The van der Waals surface area contributed by atoms with Crippen molar-refractivity contribution in [3.05, 3.63) is 51.4 Å². The standard InChI is InChI=1S/C19H23N3O3S/c23-19(21-12-2-1-3-13-21)10-11-20-14-17-8-9-18(26-17)15-4-6-16(7-5-15)22(24)25/h4-9,20H,1-3,10-14H2. The number of non-ortho nitro benzene ring substituents is 1. The fourth-order valence-electron chi connectivity index (χ4n) is 3.08. The number of carbonyl (C=O) groups is 1. The number of nitrogens with one attached hydrogen (secondary N) is 1. The van der Waals surface area contributed by atoms with E-state index in [0.717, 1.165) is 42.9 Å². The third-order valence-corrected chi connectivity index (χ3v) is 5.68. The van der Waals surface area contributed by atoms with Crippen LogP contribution < -0.4 is 5.32 Å². The van der Waals surface area contributed by atoms with Crippen molar-refractivity contribution in [2.75, 3.05) is 19.6 Å². The second-order valence-electron chi connectivity index (χ2n) is 6.44. The molecular formula is C19H23N3O3S. The highest BCUT2D eigenvalue weighted by Crippen LogP contribution is 2.29. The Balaban J connectivity index is 1.45. The first-order valence-corrected chi connectivity index (χ1v) is 9.77. The van der Waals surface area contributed by atoms with Gasteiger partial charge in [0.1, 0.15) is 0 Å². The van der Waals surface area contributed by atoms with Crippen LogP contribution in [0.2, 0.25) is 0 Å². The SMILES string of the molecule is O=C(CCNCc1ccc(-c2ccc([N+](=O)[O-])cc2)s1)N1CCCCC1. The van der Waals surface area contributed by atoms with E-state index < -0.39 is 4.92 Å². The molecule has 2 aromatic rings. The summed E-state index contributed by atoms with van der Waals surface area (Å²) in [5, 5.41) is 14.1. The fourth-order valence-corrected chi connectivity index (χ4v) is 4.07. The Hall–Kier alpha value is -2.25. The van der Waals surface area contributed by atoms with Crippen molar-refractivity contribution in [3.8, 4) is 10.4 Å². The summed E-state index contributed by atoms with van der Waals surface area (Å²) in [6, 6.07) is 10.7. The largest absolute Gasteiger partial charge is 0.343 e. The molecule has 7 heteroatoms. The summed E-state index contributed by atoms with van der Waals surface area (Å²) in [5.74, 6) is 0.245. The average Bonchev–Trinajstić information content (AvgIpc) is 3.15. The predicted octanol–water partition coefficient (Wildman–Crippen LogP) is 3.82. The predicted molar refractivity (Wildman–Crippen MR) is 103 cm³/mol. The van der Waals surface area contributed by atoms with Crippen LogP contribution in [0.4, 0.5) is 5.69 Å². The van der Waals surface area contributed by atoms with E-state index in [1.807, 2.05) is 11.0 Å². The number of rotatable bonds is 7. The van der Waals surface area contributed by atoms with Gasteiger partial charge < -0.3 is 10.2 Å². The minimum absolute atomic E-state index is 0.102. The zero-order valence-corrected chi connectivity index (χ0v) is 15.5. The molecule has 0 saturated carbocycles. The number of hydrogen-bond acceptors (Lipinski definition) is 5. The van der Waals surface area contributed by atoms with E-state index in [9.17, 15) is 14.9 Å². The highest BCUT2D eigenvalue weighted by Gasteiger charge is 2.15. The van der Waals surface area contributed by atoms with Crippen molar-refractivity contribution < 1.29 is 9.72 Å². The molecule has 0 bridgehead atoms. The van der Waals surface area contributed by atoms with Crippen LogP contribution in [0, 0.1) is 10.1 Å². The summed E-state index contributed by atoms with van der Waals surface area (Å²) < 4.78 is 0. The van der Waals surface area contributed by atoms with Crippen molar-refractivity contribution in [2.24, 2.45) is 0 Å². The van der Waals surface area contributed by atoms with Crippen molar-refractivity contribution >= 4 is 22.9 Å². The molecule has 1 aliphatic rings. The van der Waals surface area contributed by atoms with Crippen molar-refractivity contribution in [3.63, 3.8) is 0 Å². The van der Waals surface area contributed by atoms with Crippen molar-refractivity contribution in [2.45, 2.75) is 32.2 Å². The number of nitro groups is 1. The average molecular weight is 373 g/mol. The van der Waals surface area contributed by atoms with Crippen LogP contribution in [0.5, 0.6) is 0 Å². The van der Waals surface area contributed by atoms with Crippen molar-refractivity contribution in [1.29, 1.82) is 0 Å². The number of nitrogens with zero attached hydrogens (tertiary/aromatic N) is 2. The van der Waals surface area contributed by atoms with Crippen LogP contribution in [0.3, 0.4) is 0 Å². The molecule has 1 aromatic carbocycles. The zero-order chi connectivity index (χ0) is 18.4. The first-order valence-electron chi connectivity index (χ1n) is 8.95. The molecule has 1 amide bonds. The van der Waals surface area contributed by atoms with Gasteiger partial charge in [0.25, 0.3) is 5.69 Å². The minimum Gasteiger partial charge on any atom is -0.343 e. The van der Waals surface area contributed by atoms with E-state index in [4.69, 9.17) is 0 Å². The Kier molecular flexibility index (Phi) is 6.35. The number of amides is 1. The molecule has 0 aliphatic carbocycles. The highest BCUT2D eigenvalue weighted by atomic mass is 32.1. The first-order chi connectivity index (χ1) is 12.6. The lowest BCUT2D eigenvalue weighted by Crippen LogP contribution is -2.37. The maximum absolute atomic E-state index is 12.1. The molecule has 26 heavy (non-hydrogen) atoms. The Bertz CT molecular complexity index is 752. The number of thiophene rings is 1. The summed E-state index contributed by atoms with van der Waals surface area (Å²) >= 11 is 1.66. The topological polar surface area (TPSA) is 75.5 Å². The van der Waals surface area contributed by atoms with Crippen LogP contribution in [-0.4, -0.2) is 35.4 Å². The molecule has 1 saturated heterocycles. The molecule has 6 nitrogen and oxygen atoms in total. The van der Waals surface area contributed by atoms with Gasteiger partial charge in [0.2, 0.25) is 5.91 Å². The second kappa shape index (κ2) is 8.91. The van der Waals surface area contributed by atoms with Crippen LogP contribution >= 0.6 is 11.3 Å². The monoisotopic (exact) mass is 373 g/mol. The summed E-state index contributed by atoms with van der Waals surface area (Å²) in [6.45, 7) is 3.22. The van der Waals surface area contributed by atoms with Gasteiger partial charge in [-0.3, -0.25) is 14.9 Å². The van der Waals surface area contributed by atoms with Crippen LogP contribution in [0.1, 0.15) is 30.6 Å². The first kappa shape index (κ1) is 18.5. The lowest BCUT2D eigenvalue weighted by atomic mass is 10.1. The van der Waals surface area contributed by atoms with E-state index in [2.05, 4.69) is 11.4 Å². The van der Waals surface area contributed by atoms with Crippen LogP contribution in [0.25, 0.3) is 10.4 Å². The van der Waals surface area contributed by atoms with Gasteiger partial charge in [-0.25, -0.2) is 0 Å². The van der Waals surface area contributed by atoms with Crippen molar-refractivity contribution in [1.82, 2.24) is 10.2 Å². The number of likely N-dealkylation sites (tertiary alicyclic amines) is 1. The Morgan fingerprint density at radius 1 is 1.12 bits per heavy atom. The maximum Gasteiger partial charge on any atom is 0.269 e. The van der Waals surface area contributed by atoms with E-state index in [-0.39, 0.29) is 11.6 Å². The molecule has 0 unspecified atom stereocenters. The fraction of sp³-hybridized carbons (Fsp3) is 0.421.